The highest BCUT2D eigenvalue weighted by Crippen LogP contribution is 2.52. The first-order valence-corrected chi connectivity index (χ1v) is 15.7. The normalized spacial score (nSPS) is 24.3. The maximum absolute atomic E-state index is 14.3. The number of fused-ring (bicyclic) bond motifs is 2. The summed E-state index contributed by atoms with van der Waals surface area (Å²) in [6.07, 6.45) is -9.37. The molecule has 1 fully saturated rings. The number of rotatable bonds is 6. The van der Waals surface area contributed by atoms with Crippen LogP contribution in [0.4, 0.5) is 0 Å². The monoisotopic (exact) mass is 718 g/mol. The van der Waals surface area contributed by atoms with Gasteiger partial charge in [0.05, 0.1) is 18.1 Å². The number of Topliss-reactive ketones (excluding diaryl/α,β-unsaturated/α-hetero) is 1. The maximum atomic E-state index is 14.3. The van der Waals surface area contributed by atoms with Gasteiger partial charge in [-0.3, -0.25) is 9.59 Å². The zero-order chi connectivity index (χ0) is 37.2. The van der Waals surface area contributed by atoms with E-state index in [4.69, 9.17) is 18.6 Å². The maximum Gasteiger partial charge on any atom is 0.229 e. The first-order valence-electron chi connectivity index (χ1n) is 15.7. The zero-order valence-corrected chi connectivity index (χ0v) is 26.5. The fourth-order valence-corrected chi connectivity index (χ4v) is 6.46. The molecule has 270 valence electrons. The summed E-state index contributed by atoms with van der Waals surface area (Å²) in [4.78, 5) is 27.8. The Morgan fingerprint density at radius 2 is 1.44 bits per heavy atom. The standard InChI is InChI=1S/C36H30O16/c37-12-25-30(45)32(47)33(48)36(52-25)51-22-6-3-14(7-17(22)40)23-11-21(44)26-19(42)10-20(43)28(35(26)49-23)29-31(46)27-18(41)8-16(39)9-24(27)50-34(29)13-1-4-15(38)5-2-13/h1-11,25,29-30,32-34,36-43,45,47-48H,12H2/t25-,29+,30-,32+,33-,34-,36-/m1/s1. The van der Waals surface area contributed by atoms with E-state index in [1.165, 1.54) is 36.4 Å². The van der Waals surface area contributed by atoms with Crippen LogP contribution in [0.1, 0.15) is 33.5 Å². The number of benzene rings is 4. The number of ketones is 1. The average Bonchev–Trinajstić information content (AvgIpc) is 3.09. The average molecular weight is 719 g/mol. The Bertz CT molecular complexity index is 2260. The van der Waals surface area contributed by atoms with Crippen molar-refractivity contribution < 1.29 is 74.5 Å². The van der Waals surface area contributed by atoms with Crippen molar-refractivity contribution in [2.75, 3.05) is 6.61 Å². The van der Waals surface area contributed by atoms with Gasteiger partial charge in [-0.2, -0.15) is 0 Å². The zero-order valence-electron chi connectivity index (χ0n) is 26.5. The van der Waals surface area contributed by atoms with Crippen LogP contribution in [0.25, 0.3) is 22.3 Å². The molecule has 3 heterocycles. The molecule has 7 atom stereocenters. The number of phenols is 6. The minimum absolute atomic E-state index is 0.0474. The summed E-state index contributed by atoms with van der Waals surface area (Å²) in [5, 5.41) is 103. The van der Waals surface area contributed by atoms with Crippen LogP contribution in [0.15, 0.2) is 75.9 Å². The quantitative estimate of drug-likeness (QED) is 0.120. The predicted molar refractivity (Wildman–Crippen MR) is 176 cm³/mol. The molecule has 0 aliphatic carbocycles. The first-order chi connectivity index (χ1) is 24.8. The summed E-state index contributed by atoms with van der Waals surface area (Å²) in [7, 11) is 0. The predicted octanol–water partition coefficient (Wildman–Crippen LogP) is 1.97. The van der Waals surface area contributed by atoms with Crippen LogP contribution in [-0.4, -0.2) is 94.2 Å². The minimum Gasteiger partial charge on any atom is -0.508 e. The Kier molecular flexibility index (Phi) is 8.56. The van der Waals surface area contributed by atoms with Gasteiger partial charge in [-0.05, 0) is 35.9 Å². The molecule has 1 saturated heterocycles. The smallest absolute Gasteiger partial charge is 0.229 e. The molecule has 10 N–H and O–H groups in total. The largest absolute Gasteiger partial charge is 0.508 e. The third-order valence-corrected chi connectivity index (χ3v) is 9.02. The summed E-state index contributed by atoms with van der Waals surface area (Å²) >= 11 is 0. The Morgan fingerprint density at radius 3 is 2.13 bits per heavy atom. The molecule has 16 nitrogen and oxygen atoms in total. The van der Waals surface area contributed by atoms with Gasteiger partial charge in [-0.25, -0.2) is 0 Å². The van der Waals surface area contributed by atoms with Crippen LogP contribution in [0.5, 0.6) is 46.0 Å². The Balaban J connectivity index is 1.35. The second-order valence-electron chi connectivity index (χ2n) is 12.3. The molecule has 4 aromatic carbocycles. The van der Waals surface area contributed by atoms with Crippen LogP contribution < -0.4 is 14.9 Å². The molecule has 16 heteroatoms. The van der Waals surface area contributed by atoms with Crippen molar-refractivity contribution in [1.82, 2.24) is 0 Å². The number of hydrogen-bond donors (Lipinski definition) is 10. The summed E-state index contributed by atoms with van der Waals surface area (Å²) in [6, 6.07) is 13.0. The third kappa shape index (κ3) is 5.73. The summed E-state index contributed by atoms with van der Waals surface area (Å²) in [5.74, 6) is -6.19. The summed E-state index contributed by atoms with van der Waals surface area (Å²) < 4.78 is 23.1. The summed E-state index contributed by atoms with van der Waals surface area (Å²) in [6.45, 7) is -0.713. The fourth-order valence-electron chi connectivity index (χ4n) is 6.46. The number of hydrogen-bond acceptors (Lipinski definition) is 16. The van der Waals surface area contributed by atoms with Gasteiger partial charge < -0.3 is 69.7 Å². The Morgan fingerprint density at radius 1 is 0.712 bits per heavy atom. The molecule has 0 bridgehead atoms. The molecule has 2 aliphatic rings. The lowest BCUT2D eigenvalue weighted by atomic mass is 9.79. The van der Waals surface area contributed by atoms with E-state index in [2.05, 4.69) is 0 Å². The van der Waals surface area contributed by atoms with E-state index in [9.17, 15) is 60.7 Å². The van der Waals surface area contributed by atoms with Gasteiger partial charge in [0.25, 0.3) is 0 Å². The van der Waals surface area contributed by atoms with E-state index < -0.39 is 100 Å². The molecule has 0 amide bonds. The Labute approximate surface area is 291 Å². The van der Waals surface area contributed by atoms with Crippen LogP contribution in [0.3, 0.4) is 0 Å². The van der Waals surface area contributed by atoms with Gasteiger partial charge in [0.2, 0.25) is 6.29 Å². The van der Waals surface area contributed by atoms with E-state index >= 15 is 0 Å². The highest BCUT2D eigenvalue weighted by molar-refractivity contribution is 6.09. The molecule has 7 rings (SSSR count). The Hall–Kier alpha value is -6.04. The number of phenolic OH excluding ortho intramolecular Hbond substituents is 6. The second kappa shape index (κ2) is 12.9. The van der Waals surface area contributed by atoms with E-state index in [0.29, 0.717) is 5.56 Å². The topological polar surface area (TPSA) is 277 Å². The molecular weight excluding hydrogens is 688 g/mol. The van der Waals surface area contributed by atoms with Crippen molar-refractivity contribution in [2.24, 2.45) is 0 Å². The number of aromatic hydroxyl groups is 6. The van der Waals surface area contributed by atoms with Gasteiger partial charge >= 0.3 is 0 Å². The van der Waals surface area contributed by atoms with Gasteiger partial charge in [-0.15, -0.1) is 0 Å². The lowest BCUT2D eigenvalue weighted by Crippen LogP contribution is -2.60. The molecule has 52 heavy (non-hydrogen) atoms. The van der Waals surface area contributed by atoms with Gasteiger partial charge in [-0.1, -0.05) is 12.1 Å². The fraction of sp³-hybridized carbons (Fsp3) is 0.222. The number of carbonyl (C=O) groups excluding carboxylic acids is 1. The number of aliphatic hydroxyl groups excluding tert-OH is 4. The minimum atomic E-state index is -1.77. The lowest BCUT2D eigenvalue weighted by Gasteiger charge is -2.39. The molecule has 0 saturated carbocycles. The third-order valence-electron chi connectivity index (χ3n) is 9.02. The molecule has 0 unspecified atom stereocenters. The van der Waals surface area contributed by atoms with Crippen LogP contribution in [0.2, 0.25) is 0 Å². The molecule has 1 aromatic heterocycles. The van der Waals surface area contributed by atoms with E-state index in [1.807, 2.05) is 0 Å². The van der Waals surface area contributed by atoms with Crippen LogP contribution in [-0.2, 0) is 4.74 Å². The second-order valence-corrected chi connectivity index (χ2v) is 12.3. The number of ether oxygens (including phenoxy) is 3. The summed E-state index contributed by atoms with van der Waals surface area (Å²) in [5.41, 5.74) is -1.60. The first kappa shape index (κ1) is 34.4. The van der Waals surface area contributed by atoms with Gasteiger partial charge in [0, 0.05) is 29.8 Å². The SMILES string of the molecule is O=C1c2c(O)cc(O)cc2O[C@H](c2ccc(O)cc2)[C@H]1c1c(O)cc(O)c2c(=O)cc(-c3ccc(O[C@@H]4O[C@H](CO)[C@@H](O)[C@H](O)[C@H]4O)c(O)c3)oc12. The van der Waals surface area contributed by atoms with Crippen LogP contribution in [0, 0.1) is 0 Å². The molecule has 0 radical (unpaired) electrons. The van der Waals surface area contributed by atoms with Crippen molar-refractivity contribution in [3.63, 3.8) is 0 Å². The van der Waals surface area contributed by atoms with E-state index in [1.54, 1.807) is 0 Å². The van der Waals surface area contributed by atoms with Crippen molar-refractivity contribution in [3.05, 3.63) is 93.6 Å². The van der Waals surface area contributed by atoms with Gasteiger partial charge in [0.1, 0.15) is 87.3 Å². The van der Waals surface area contributed by atoms with Crippen molar-refractivity contribution in [2.45, 2.75) is 42.7 Å². The molecular formula is C36H30O16. The molecule has 5 aromatic rings. The highest BCUT2D eigenvalue weighted by Gasteiger charge is 2.46. The van der Waals surface area contributed by atoms with Crippen molar-refractivity contribution >= 4 is 16.8 Å². The van der Waals surface area contributed by atoms with Crippen molar-refractivity contribution in [3.8, 4) is 57.3 Å². The lowest BCUT2D eigenvalue weighted by molar-refractivity contribution is -0.277. The van der Waals surface area contributed by atoms with E-state index in [0.717, 1.165) is 30.3 Å². The molecule has 2 aliphatic heterocycles. The van der Waals surface area contributed by atoms with E-state index in [-0.39, 0.29) is 39.7 Å². The van der Waals surface area contributed by atoms with Crippen LogP contribution >= 0.6 is 0 Å². The van der Waals surface area contributed by atoms with Gasteiger partial charge in [0.15, 0.2) is 22.7 Å². The number of aliphatic hydroxyl groups is 4. The highest BCUT2D eigenvalue weighted by atomic mass is 16.7. The molecule has 0 spiro atoms. The van der Waals surface area contributed by atoms with Crippen molar-refractivity contribution in [1.29, 1.82) is 0 Å². The number of carbonyl (C=O) groups is 1.